The summed E-state index contributed by atoms with van der Waals surface area (Å²) in [5, 5.41) is 0. The third-order valence-corrected chi connectivity index (χ3v) is 5.68. The van der Waals surface area contributed by atoms with Crippen molar-refractivity contribution < 1.29 is 4.74 Å². The standard InChI is InChI=1S/C16H21OS/c1-17-16-9-6-15(7-10-16,8-11-16)14-4-2-13(12-18)3-5-14/h2-5H,6-12H2,1H3. The Morgan fingerprint density at radius 3 is 2.00 bits per heavy atom. The SMILES string of the molecule is COC12CCC(c3ccc(C[S])cc3)(CC1)CC2. The Balaban J connectivity index is 1.84. The van der Waals surface area contributed by atoms with Crippen LogP contribution in [0.4, 0.5) is 0 Å². The van der Waals surface area contributed by atoms with Crippen LogP contribution in [0.5, 0.6) is 0 Å². The Hall–Kier alpha value is -0.470. The molecule has 0 unspecified atom stereocenters. The Morgan fingerprint density at radius 2 is 1.56 bits per heavy atom. The molecule has 0 heterocycles. The number of fused-ring (bicyclic) bond motifs is 3. The van der Waals surface area contributed by atoms with Gasteiger partial charge in [-0.05, 0) is 55.1 Å². The Labute approximate surface area is 115 Å². The number of hydrogen-bond acceptors (Lipinski definition) is 1. The molecule has 1 nitrogen and oxygen atoms in total. The molecule has 1 aromatic rings. The van der Waals surface area contributed by atoms with Gasteiger partial charge >= 0.3 is 0 Å². The summed E-state index contributed by atoms with van der Waals surface area (Å²) in [6, 6.07) is 9.05. The van der Waals surface area contributed by atoms with E-state index in [2.05, 4.69) is 24.3 Å². The topological polar surface area (TPSA) is 9.23 Å². The lowest BCUT2D eigenvalue weighted by molar-refractivity contribution is -0.0955. The molecule has 0 amide bonds. The minimum absolute atomic E-state index is 0.211. The highest BCUT2D eigenvalue weighted by Gasteiger charge is 2.49. The van der Waals surface area contributed by atoms with E-state index in [9.17, 15) is 0 Å². The van der Waals surface area contributed by atoms with Crippen molar-refractivity contribution in [1.82, 2.24) is 0 Å². The molecule has 0 aromatic heterocycles. The zero-order valence-corrected chi connectivity index (χ0v) is 11.9. The molecule has 0 N–H and O–H groups in total. The molecule has 18 heavy (non-hydrogen) atoms. The summed E-state index contributed by atoms with van der Waals surface area (Å²) in [5.74, 6) is 0.722. The quantitative estimate of drug-likeness (QED) is 0.785. The number of rotatable bonds is 3. The lowest BCUT2D eigenvalue weighted by Gasteiger charge is -2.53. The van der Waals surface area contributed by atoms with Crippen LogP contribution < -0.4 is 0 Å². The van der Waals surface area contributed by atoms with Crippen molar-refractivity contribution in [2.45, 2.75) is 55.3 Å². The molecule has 3 aliphatic rings. The maximum atomic E-state index is 5.77. The second kappa shape index (κ2) is 4.57. The van der Waals surface area contributed by atoms with Crippen molar-refractivity contribution in [2.75, 3.05) is 7.11 Å². The molecule has 0 saturated heterocycles. The molecule has 0 aliphatic heterocycles. The summed E-state index contributed by atoms with van der Waals surface area (Å²) in [4.78, 5) is 0. The number of benzene rings is 1. The third kappa shape index (κ3) is 1.90. The zero-order valence-electron chi connectivity index (χ0n) is 11.1. The van der Waals surface area contributed by atoms with Gasteiger partial charge in [0, 0.05) is 12.9 Å². The second-order valence-electron chi connectivity index (χ2n) is 6.01. The van der Waals surface area contributed by atoms with Crippen molar-refractivity contribution >= 4 is 12.6 Å². The third-order valence-electron chi connectivity index (χ3n) is 5.34. The fraction of sp³-hybridized carbons (Fsp3) is 0.625. The first kappa shape index (κ1) is 12.6. The molecule has 3 fully saturated rings. The fourth-order valence-electron chi connectivity index (χ4n) is 3.84. The van der Waals surface area contributed by atoms with Crippen molar-refractivity contribution in [1.29, 1.82) is 0 Å². The lowest BCUT2D eigenvalue weighted by atomic mass is 9.56. The zero-order chi connectivity index (χ0) is 12.6. The van der Waals surface area contributed by atoms with E-state index >= 15 is 0 Å². The van der Waals surface area contributed by atoms with Crippen LogP contribution in [0.1, 0.15) is 49.7 Å². The minimum atomic E-state index is 0.211. The first-order valence-corrected chi connectivity index (χ1v) is 7.52. The molecular formula is C16H21OS. The van der Waals surface area contributed by atoms with Crippen LogP contribution in [0.3, 0.4) is 0 Å². The summed E-state index contributed by atoms with van der Waals surface area (Å²) >= 11 is 5.10. The van der Waals surface area contributed by atoms with Gasteiger partial charge in [0.15, 0.2) is 0 Å². The predicted molar refractivity (Wildman–Crippen MR) is 76.9 cm³/mol. The predicted octanol–water partition coefficient (Wildman–Crippen LogP) is 4.37. The molecule has 3 aliphatic carbocycles. The van der Waals surface area contributed by atoms with E-state index < -0.39 is 0 Å². The van der Waals surface area contributed by atoms with Crippen LogP contribution in [0.25, 0.3) is 0 Å². The number of hydrogen-bond donors (Lipinski definition) is 0. The smallest absolute Gasteiger partial charge is 0.0679 e. The molecule has 2 heteroatoms. The van der Waals surface area contributed by atoms with Crippen molar-refractivity contribution in [3.63, 3.8) is 0 Å². The molecular weight excluding hydrogens is 240 g/mol. The molecule has 0 atom stereocenters. The van der Waals surface area contributed by atoms with Gasteiger partial charge in [-0.3, -0.25) is 0 Å². The molecule has 1 aromatic carbocycles. The van der Waals surface area contributed by atoms with E-state index in [0.717, 1.165) is 5.75 Å². The van der Waals surface area contributed by atoms with Gasteiger partial charge < -0.3 is 4.74 Å². The highest BCUT2D eigenvalue weighted by Crippen LogP contribution is 2.54. The minimum Gasteiger partial charge on any atom is -0.378 e. The first-order valence-electron chi connectivity index (χ1n) is 6.95. The van der Waals surface area contributed by atoms with E-state index in [-0.39, 0.29) is 5.60 Å². The van der Waals surface area contributed by atoms with Crippen LogP contribution in [0, 0.1) is 0 Å². The maximum absolute atomic E-state index is 5.77. The highest BCUT2D eigenvalue weighted by molar-refractivity contribution is 7.79. The van der Waals surface area contributed by atoms with Gasteiger partial charge in [0.2, 0.25) is 0 Å². The average molecular weight is 261 g/mol. The van der Waals surface area contributed by atoms with E-state index in [0.29, 0.717) is 5.41 Å². The normalized spacial score (nSPS) is 34.8. The second-order valence-corrected chi connectivity index (χ2v) is 6.30. The molecule has 97 valence electrons. The van der Waals surface area contributed by atoms with Crippen LogP contribution in [0.2, 0.25) is 0 Å². The van der Waals surface area contributed by atoms with Crippen LogP contribution >= 0.6 is 12.6 Å². The monoisotopic (exact) mass is 261 g/mol. The summed E-state index contributed by atoms with van der Waals surface area (Å²) < 4.78 is 5.77. The Bertz CT molecular complexity index is 399. The molecule has 4 rings (SSSR count). The van der Waals surface area contributed by atoms with Crippen molar-refractivity contribution in [3.05, 3.63) is 35.4 Å². The summed E-state index contributed by atoms with van der Waals surface area (Å²) in [6.07, 6.45) is 7.54. The first-order chi connectivity index (χ1) is 8.72. The van der Waals surface area contributed by atoms with Gasteiger partial charge in [-0.15, -0.1) is 0 Å². The lowest BCUT2D eigenvalue weighted by Crippen LogP contribution is -2.49. The van der Waals surface area contributed by atoms with E-state index in [1.807, 2.05) is 7.11 Å². The van der Waals surface area contributed by atoms with Gasteiger partial charge in [-0.2, -0.15) is 0 Å². The van der Waals surface area contributed by atoms with Gasteiger partial charge in [-0.25, -0.2) is 0 Å². The Kier molecular flexibility index (Phi) is 3.19. The van der Waals surface area contributed by atoms with E-state index in [1.54, 1.807) is 0 Å². The number of ether oxygens (including phenoxy) is 1. The van der Waals surface area contributed by atoms with Crippen LogP contribution in [-0.4, -0.2) is 12.7 Å². The summed E-state index contributed by atoms with van der Waals surface area (Å²) in [7, 11) is 1.89. The van der Waals surface area contributed by atoms with Crippen LogP contribution in [-0.2, 0) is 15.9 Å². The van der Waals surface area contributed by atoms with Crippen molar-refractivity contribution in [2.24, 2.45) is 0 Å². The highest BCUT2D eigenvalue weighted by atomic mass is 32.1. The fourth-order valence-corrected chi connectivity index (χ4v) is 4.04. The molecule has 2 bridgehead atoms. The van der Waals surface area contributed by atoms with E-state index in [1.165, 1.54) is 49.7 Å². The molecule has 1 radical (unpaired) electrons. The number of methoxy groups -OCH3 is 1. The summed E-state index contributed by atoms with van der Waals surface area (Å²) in [5.41, 5.74) is 3.44. The molecule has 0 spiro atoms. The Morgan fingerprint density at radius 1 is 1.00 bits per heavy atom. The van der Waals surface area contributed by atoms with Crippen molar-refractivity contribution in [3.8, 4) is 0 Å². The van der Waals surface area contributed by atoms with Gasteiger partial charge in [0.25, 0.3) is 0 Å². The van der Waals surface area contributed by atoms with Crippen LogP contribution in [0.15, 0.2) is 24.3 Å². The molecule has 3 saturated carbocycles. The largest absolute Gasteiger partial charge is 0.378 e. The van der Waals surface area contributed by atoms with Gasteiger partial charge in [-0.1, -0.05) is 36.9 Å². The average Bonchev–Trinajstić information content (AvgIpc) is 2.49. The van der Waals surface area contributed by atoms with E-state index in [4.69, 9.17) is 17.4 Å². The maximum Gasteiger partial charge on any atom is 0.0679 e. The summed E-state index contributed by atoms with van der Waals surface area (Å²) in [6.45, 7) is 0. The van der Waals surface area contributed by atoms with Gasteiger partial charge in [0.1, 0.15) is 0 Å². The van der Waals surface area contributed by atoms with Gasteiger partial charge in [0.05, 0.1) is 5.60 Å².